The number of rotatable bonds is 2. The molecule has 0 atom stereocenters. The first-order valence-corrected chi connectivity index (χ1v) is 2.63. The third-order valence-electron chi connectivity index (χ3n) is 0.884. The molecule has 7 heavy (non-hydrogen) atoms. The maximum absolute atomic E-state index is 5.19. The van der Waals surface area contributed by atoms with E-state index in [1.165, 1.54) is 12.8 Å². The van der Waals surface area contributed by atoms with Gasteiger partial charge in [0.2, 0.25) is 0 Å². The van der Waals surface area contributed by atoms with E-state index in [9.17, 15) is 0 Å². The molecule has 0 radical (unpaired) electrons. The lowest BCUT2D eigenvalue weighted by Crippen LogP contribution is -2.13. The number of hydroxylamine groups is 2. The van der Waals surface area contributed by atoms with Gasteiger partial charge >= 0.3 is 0 Å². The number of hydrogen-bond acceptors (Lipinski definition) is 2. The monoisotopic (exact) mass is 101 g/mol. The first kappa shape index (κ1) is 5.06. The van der Waals surface area contributed by atoms with E-state index in [4.69, 9.17) is 4.84 Å². The molecule has 0 amide bonds. The fourth-order valence-electron chi connectivity index (χ4n) is 0.472. The van der Waals surface area contributed by atoms with E-state index in [0.29, 0.717) is 6.10 Å². The molecule has 1 fully saturated rings. The van der Waals surface area contributed by atoms with Gasteiger partial charge in [-0.1, -0.05) is 0 Å². The molecule has 0 aliphatic heterocycles. The topological polar surface area (TPSA) is 12.5 Å². The van der Waals surface area contributed by atoms with E-state index in [1.54, 1.807) is 5.06 Å². The normalized spacial score (nSPS) is 21.0. The molecule has 0 N–H and O–H groups in total. The summed E-state index contributed by atoms with van der Waals surface area (Å²) in [4.78, 5) is 5.19. The van der Waals surface area contributed by atoms with Crippen LogP contribution < -0.4 is 0 Å². The molecule has 2 heteroatoms. The smallest absolute Gasteiger partial charge is 0.0795 e. The highest BCUT2D eigenvalue weighted by Gasteiger charge is 2.23. The summed E-state index contributed by atoms with van der Waals surface area (Å²) in [5.41, 5.74) is 0. The maximum Gasteiger partial charge on any atom is 0.0795 e. The molecular formula is C5H11NO. The zero-order chi connectivity index (χ0) is 5.28. The third kappa shape index (κ3) is 1.90. The van der Waals surface area contributed by atoms with Gasteiger partial charge in [-0.2, -0.15) is 5.06 Å². The highest BCUT2D eigenvalue weighted by Crippen LogP contribution is 2.23. The number of nitrogens with zero attached hydrogens (tertiary/aromatic N) is 1. The van der Waals surface area contributed by atoms with Gasteiger partial charge < -0.3 is 0 Å². The summed E-state index contributed by atoms with van der Waals surface area (Å²) < 4.78 is 0. The van der Waals surface area contributed by atoms with Crippen LogP contribution in [0.2, 0.25) is 0 Å². The highest BCUT2D eigenvalue weighted by atomic mass is 16.7. The van der Waals surface area contributed by atoms with Crippen LogP contribution in [-0.2, 0) is 4.84 Å². The average Bonchev–Trinajstić information content (AvgIpc) is 2.17. The Bertz CT molecular complexity index is 59.1. The van der Waals surface area contributed by atoms with Crippen LogP contribution in [0.5, 0.6) is 0 Å². The molecule has 0 unspecified atom stereocenters. The summed E-state index contributed by atoms with van der Waals surface area (Å²) in [5, 5.41) is 1.76. The Morgan fingerprint density at radius 1 is 1.43 bits per heavy atom. The second-order valence-corrected chi connectivity index (χ2v) is 2.12. The lowest BCUT2D eigenvalue weighted by molar-refractivity contribution is -0.130. The van der Waals surface area contributed by atoms with Crippen molar-refractivity contribution >= 4 is 0 Å². The SMILES string of the molecule is CN(C)OC1CC1. The van der Waals surface area contributed by atoms with Crippen molar-refractivity contribution in [1.82, 2.24) is 5.06 Å². The van der Waals surface area contributed by atoms with E-state index in [-0.39, 0.29) is 0 Å². The Kier molecular flexibility index (Phi) is 1.30. The van der Waals surface area contributed by atoms with Crippen molar-refractivity contribution in [2.24, 2.45) is 0 Å². The van der Waals surface area contributed by atoms with Gasteiger partial charge in [0.1, 0.15) is 0 Å². The van der Waals surface area contributed by atoms with Crippen molar-refractivity contribution in [2.45, 2.75) is 18.9 Å². The lowest BCUT2D eigenvalue weighted by Gasteiger charge is -2.07. The molecule has 0 bridgehead atoms. The minimum atomic E-state index is 0.551. The fraction of sp³-hybridized carbons (Fsp3) is 1.00. The van der Waals surface area contributed by atoms with Crippen LogP contribution in [0.4, 0.5) is 0 Å². The van der Waals surface area contributed by atoms with Crippen LogP contribution in [0, 0.1) is 0 Å². The van der Waals surface area contributed by atoms with Gasteiger partial charge in [0.15, 0.2) is 0 Å². The predicted octanol–water partition coefficient (Wildman–Crippen LogP) is 0.642. The fourth-order valence-corrected chi connectivity index (χ4v) is 0.472. The predicted molar refractivity (Wildman–Crippen MR) is 27.8 cm³/mol. The van der Waals surface area contributed by atoms with Gasteiger partial charge in [-0.05, 0) is 12.8 Å². The van der Waals surface area contributed by atoms with Crippen molar-refractivity contribution in [1.29, 1.82) is 0 Å². The largest absolute Gasteiger partial charge is 0.296 e. The van der Waals surface area contributed by atoms with Crippen molar-refractivity contribution in [3.63, 3.8) is 0 Å². The van der Waals surface area contributed by atoms with E-state index in [2.05, 4.69) is 0 Å². The lowest BCUT2D eigenvalue weighted by atomic mass is 10.9. The molecule has 0 aromatic carbocycles. The van der Waals surface area contributed by atoms with Gasteiger partial charge in [0.25, 0.3) is 0 Å². The van der Waals surface area contributed by atoms with Crippen LogP contribution in [0.1, 0.15) is 12.8 Å². The van der Waals surface area contributed by atoms with Gasteiger partial charge in [0, 0.05) is 14.1 Å². The Balaban J connectivity index is 1.97. The summed E-state index contributed by atoms with van der Waals surface area (Å²) in [6, 6.07) is 0. The van der Waals surface area contributed by atoms with E-state index in [1.807, 2.05) is 14.1 Å². The minimum Gasteiger partial charge on any atom is -0.296 e. The van der Waals surface area contributed by atoms with Gasteiger partial charge in [0.05, 0.1) is 6.10 Å². The Morgan fingerprint density at radius 2 is 2.00 bits per heavy atom. The van der Waals surface area contributed by atoms with E-state index >= 15 is 0 Å². The summed E-state index contributed by atoms with van der Waals surface area (Å²) in [6.45, 7) is 0. The molecule has 1 saturated carbocycles. The Morgan fingerprint density at radius 3 is 2.14 bits per heavy atom. The maximum atomic E-state index is 5.19. The molecule has 1 aliphatic carbocycles. The molecule has 0 aromatic rings. The third-order valence-corrected chi connectivity index (χ3v) is 0.884. The summed E-state index contributed by atoms with van der Waals surface area (Å²) in [7, 11) is 3.83. The first-order valence-electron chi connectivity index (χ1n) is 2.63. The van der Waals surface area contributed by atoms with E-state index in [0.717, 1.165) is 0 Å². The van der Waals surface area contributed by atoms with Crippen LogP contribution in [0.25, 0.3) is 0 Å². The standard InChI is InChI=1S/C5H11NO/c1-6(2)7-5-3-4-5/h5H,3-4H2,1-2H3. The molecule has 0 saturated heterocycles. The molecule has 2 nitrogen and oxygen atoms in total. The van der Waals surface area contributed by atoms with Crippen LogP contribution >= 0.6 is 0 Å². The zero-order valence-corrected chi connectivity index (χ0v) is 4.85. The summed E-state index contributed by atoms with van der Waals surface area (Å²) in [6.07, 6.45) is 3.05. The molecule has 1 aliphatic rings. The zero-order valence-electron chi connectivity index (χ0n) is 4.85. The Hall–Kier alpha value is -0.0800. The van der Waals surface area contributed by atoms with Crippen LogP contribution in [-0.4, -0.2) is 25.3 Å². The summed E-state index contributed by atoms with van der Waals surface area (Å²) in [5.74, 6) is 0. The molecule has 42 valence electrons. The first-order chi connectivity index (χ1) is 3.29. The van der Waals surface area contributed by atoms with Crippen LogP contribution in [0.15, 0.2) is 0 Å². The average molecular weight is 101 g/mol. The highest BCUT2D eigenvalue weighted by molar-refractivity contribution is 4.71. The van der Waals surface area contributed by atoms with Crippen molar-refractivity contribution in [3.05, 3.63) is 0 Å². The van der Waals surface area contributed by atoms with Gasteiger partial charge in [-0.3, -0.25) is 4.84 Å². The summed E-state index contributed by atoms with van der Waals surface area (Å²) >= 11 is 0. The van der Waals surface area contributed by atoms with Gasteiger partial charge in [-0.15, -0.1) is 0 Å². The molecule has 0 spiro atoms. The molecule has 1 rings (SSSR count). The van der Waals surface area contributed by atoms with Crippen molar-refractivity contribution in [3.8, 4) is 0 Å². The minimum absolute atomic E-state index is 0.551. The van der Waals surface area contributed by atoms with Crippen molar-refractivity contribution < 1.29 is 4.84 Å². The Labute approximate surface area is 44.0 Å². The van der Waals surface area contributed by atoms with Gasteiger partial charge in [-0.25, -0.2) is 0 Å². The second-order valence-electron chi connectivity index (χ2n) is 2.12. The molecule has 0 aromatic heterocycles. The molecular weight excluding hydrogens is 90.1 g/mol. The quantitative estimate of drug-likeness (QED) is 0.473. The van der Waals surface area contributed by atoms with E-state index < -0.39 is 0 Å². The number of hydrogen-bond donors (Lipinski definition) is 0. The van der Waals surface area contributed by atoms with Crippen LogP contribution in [0.3, 0.4) is 0 Å². The van der Waals surface area contributed by atoms with Crippen molar-refractivity contribution in [2.75, 3.05) is 14.1 Å². The molecule has 0 heterocycles. The second kappa shape index (κ2) is 1.80.